The van der Waals surface area contributed by atoms with E-state index in [1.807, 2.05) is 44.1 Å². The van der Waals surface area contributed by atoms with Crippen LogP contribution < -0.4 is 15.5 Å². The van der Waals surface area contributed by atoms with Crippen LogP contribution in [0.25, 0.3) is 0 Å². The Morgan fingerprint density at radius 2 is 2.04 bits per heavy atom. The fraction of sp³-hybridized carbons (Fsp3) is 0.368. The number of hydrogen-bond acceptors (Lipinski definition) is 3. The lowest BCUT2D eigenvalue weighted by Crippen LogP contribution is -2.38. The predicted molar refractivity (Wildman–Crippen MR) is 101 cm³/mol. The van der Waals surface area contributed by atoms with Gasteiger partial charge in [0.15, 0.2) is 5.96 Å². The maximum absolute atomic E-state index is 13.2. The topological polar surface area (TPSA) is 52.6 Å². The highest BCUT2D eigenvalue weighted by Crippen LogP contribution is 2.15. The van der Waals surface area contributed by atoms with Crippen molar-refractivity contribution in [1.29, 1.82) is 0 Å². The molecule has 5 nitrogen and oxygen atoms in total. The zero-order valence-corrected chi connectivity index (χ0v) is 15.1. The summed E-state index contributed by atoms with van der Waals surface area (Å²) in [6.07, 6.45) is 2.52. The van der Waals surface area contributed by atoms with Gasteiger partial charge >= 0.3 is 0 Å². The molecular weight excluding hydrogens is 317 g/mol. The standard InChI is InChI=1S/C19H26FN5/c1-4-21-19(23-12-10-15-7-5-9-17(20)13-15)24-14-16-8-6-11-22-18(16)25(2)3/h5-9,11,13H,4,10,12,14H2,1-3H3,(H2,21,23,24). The Kier molecular flexibility index (Phi) is 7.19. The molecule has 1 heterocycles. The summed E-state index contributed by atoms with van der Waals surface area (Å²) in [5.74, 6) is 1.46. The number of pyridine rings is 1. The first-order valence-corrected chi connectivity index (χ1v) is 8.48. The SMILES string of the molecule is CCNC(=NCc1cccnc1N(C)C)NCCc1cccc(F)c1. The molecule has 0 fully saturated rings. The molecule has 25 heavy (non-hydrogen) atoms. The molecule has 1 aromatic heterocycles. The lowest BCUT2D eigenvalue weighted by molar-refractivity contribution is 0.625. The van der Waals surface area contributed by atoms with Gasteiger partial charge in [-0.05, 0) is 37.1 Å². The van der Waals surface area contributed by atoms with E-state index in [1.165, 1.54) is 6.07 Å². The third kappa shape index (κ3) is 6.06. The van der Waals surface area contributed by atoms with Gasteiger partial charge < -0.3 is 15.5 Å². The van der Waals surface area contributed by atoms with E-state index >= 15 is 0 Å². The summed E-state index contributed by atoms with van der Waals surface area (Å²) in [6.45, 7) is 4.03. The van der Waals surface area contributed by atoms with E-state index in [0.29, 0.717) is 13.1 Å². The van der Waals surface area contributed by atoms with E-state index in [2.05, 4.69) is 20.6 Å². The van der Waals surface area contributed by atoms with Gasteiger partial charge in [-0.2, -0.15) is 0 Å². The van der Waals surface area contributed by atoms with Crippen LogP contribution in [-0.4, -0.2) is 38.1 Å². The highest BCUT2D eigenvalue weighted by molar-refractivity contribution is 5.79. The maximum Gasteiger partial charge on any atom is 0.191 e. The zero-order valence-electron chi connectivity index (χ0n) is 15.1. The van der Waals surface area contributed by atoms with Crippen molar-refractivity contribution in [3.8, 4) is 0 Å². The lowest BCUT2D eigenvalue weighted by atomic mass is 10.1. The van der Waals surface area contributed by atoms with Crippen molar-refractivity contribution in [3.05, 3.63) is 59.5 Å². The fourth-order valence-corrected chi connectivity index (χ4v) is 2.48. The predicted octanol–water partition coefficient (Wildman–Crippen LogP) is 2.58. The van der Waals surface area contributed by atoms with Gasteiger partial charge in [0.25, 0.3) is 0 Å². The summed E-state index contributed by atoms with van der Waals surface area (Å²) >= 11 is 0. The van der Waals surface area contributed by atoms with Crippen molar-refractivity contribution in [1.82, 2.24) is 15.6 Å². The molecule has 0 aliphatic carbocycles. The Labute approximate surface area is 149 Å². The van der Waals surface area contributed by atoms with Crippen molar-refractivity contribution in [3.63, 3.8) is 0 Å². The normalized spacial score (nSPS) is 11.3. The third-order valence-corrected chi connectivity index (χ3v) is 3.64. The Morgan fingerprint density at radius 3 is 2.76 bits per heavy atom. The summed E-state index contributed by atoms with van der Waals surface area (Å²) in [5, 5.41) is 6.52. The first kappa shape index (κ1) is 18.7. The molecule has 0 amide bonds. The number of rotatable bonds is 7. The monoisotopic (exact) mass is 343 g/mol. The number of aromatic nitrogens is 1. The molecule has 0 bridgehead atoms. The van der Waals surface area contributed by atoms with Crippen LogP contribution in [0.3, 0.4) is 0 Å². The van der Waals surface area contributed by atoms with Crippen molar-refractivity contribution < 1.29 is 4.39 Å². The van der Waals surface area contributed by atoms with E-state index < -0.39 is 0 Å². The molecule has 0 aliphatic rings. The minimum absolute atomic E-state index is 0.203. The summed E-state index contributed by atoms with van der Waals surface area (Å²) in [6, 6.07) is 10.6. The molecule has 0 aliphatic heterocycles. The molecule has 2 N–H and O–H groups in total. The molecule has 6 heteroatoms. The highest BCUT2D eigenvalue weighted by atomic mass is 19.1. The second-order valence-electron chi connectivity index (χ2n) is 5.88. The number of hydrogen-bond donors (Lipinski definition) is 2. The van der Waals surface area contributed by atoms with E-state index in [9.17, 15) is 4.39 Å². The van der Waals surface area contributed by atoms with Crippen molar-refractivity contribution in [2.45, 2.75) is 19.9 Å². The number of benzene rings is 1. The number of nitrogens with zero attached hydrogens (tertiary/aromatic N) is 3. The Balaban J connectivity index is 1.96. The average Bonchev–Trinajstić information content (AvgIpc) is 2.60. The Hall–Kier alpha value is -2.63. The van der Waals surface area contributed by atoms with Crippen molar-refractivity contribution in [2.24, 2.45) is 4.99 Å². The second-order valence-corrected chi connectivity index (χ2v) is 5.88. The van der Waals surface area contributed by atoms with Gasteiger partial charge in [0.05, 0.1) is 6.54 Å². The number of nitrogens with one attached hydrogen (secondary N) is 2. The minimum Gasteiger partial charge on any atom is -0.362 e. The lowest BCUT2D eigenvalue weighted by Gasteiger charge is -2.15. The largest absolute Gasteiger partial charge is 0.362 e. The summed E-state index contributed by atoms with van der Waals surface area (Å²) in [5.41, 5.74) is 2.03. The van der Waals surface area contributed by atoms with E-state index in [-0.39, 0.29) is 5.82 Å². The Bertz CT molecular complexity index is 700. The summed E-state index contributed by atoms with van der Waals surface area (Å²) < 4.78 is 13.2. The van der Waals surface area contributed by atoms with Crippen LogP contribution in [0.5, 0.6) is 0 Å². The molecule has 0 unspecified atom stereocenters. The van der Waals surface area contributed by atoms with Crippen LogP contribution in [0, 0.1) is 5.82 Å². The smallest absolute Gasteiger partial charge is 0.191 e. The molecule has 0 spiro atoms. The molecule has 2 aromatic rings. The first-order chi connectivity index (χ1) is 12.1. The van der Waals surface area contributed by atoms with Gasteiger partial charge in [-0.1, -0.05) is 18.2 Å². The molecule has 0 saturated heterocycles. The van der Waals surface area contributed by atoms with Crippen LogP contribution >= 0.6 is 0 Å². The molecular formula is C19H26FN5. The van der Waals surface area contributed by atoms with Gasteiger partial charge in [-0.15, -0.1) is 0 Å². The number of aliphatic imine (C=N–C) groups is 1. The van der Waals surface area contributed by atoms with Crippen LogP contribution in [0.1, 0.15) is 18.1 Å². The highest BCUT2D eigenvalue weighted by Gasteiger charge is 2.05. The molecule has 2 rings (SSSR count). The third-order valence-electron chi connectivity index (χ3n) is 3.64. The first-order valence-electron chi connectivity index (χ1n) is 8.48. The van der Waals surface area contributed by atoms with E-state index in [0.717, 1.165) is 35.9 Å². The van der Waals surface area contributed by atoms with Gasteiger partial charge in [0, 0.05) is 38.9 Å². The average molecular weight is 343 g/mol. The molecule has 0 atom stereocenters. The second kappa shape index (κ2) is 9.61. The maximum atomic E-state index is 13.2. The zero-order chi connectivity index (χ0) is 18.1. The van der Waals surface area contributed by atoms with Crippen LogP contribution in [0.4, 0.5) is 10.2 Å². The van der Waals surface area contributed by atoms with Gasteiger partial charge in [0.1, 0.15) is 11.6 Å². The molecule has 1 aromatic carbocycles. The van der Waals surface area contributed by atoms with E-state index in [1.54, 1.807) is 18.3 Å². The summed E-state index contributed by atoms with van der Waals surface area (Å²) in [4.78, 5) is 11.0. The van der Waals surface area contributed by atoms with Crippen molar-refractivity contribution >= 4 is 11.8 Å². The van der Waals surface area contributed by atoms with Gasteiger partial charge in [0.2, 0.25) is 0 Å². The fourth-order valence-electron chi connectivity index (χ4n) is 2.48. The van der Waals surface area contributed by atoms with E-state index in [4.69, 9.17) is 0 Å². The van der Waals surface area contributed by atoms with Crippen LogP contribution in [0.2, 0.25) is 0 Å². The molecule has 134 valence electrons. The van der Waals surface area contributed by atoms with Gasteiger partial charge in [-0.3, -0.25) is 0 Å². The van der Waals surface area contributed by atoms with Crippen LogP contribution in [0.15, 0.2) is 47.6 Å². The minimum atomic E-state index is -0.203. The Morgan fingerprint density at radius 1 is 1.20 bits per heavy atom. The number of anilines is 1. The quantitative estimate of drug-likeness (QED) is 0.599. The number of guanidine groups is 1. The summed E-state index contributed by atoms with van der Waals surface area (Å²) in [7, 11) is 3.94. The number of halogens is 1. The molecule has 0 saturated carbocycles. The van der Waals surface area contributed by atoms with Crippen molar-refractivity contribution in [2.75, 3.05) is 32.1 Å². The molecule has 0 radical (unpaired) electrons. The van der Waals surface area contributed by atoms with Gasteiger partial charge in [-0.25, -0.2) is 14.4 Å². The van der Waals surface area contributed by atoms with Crippen LogP contribution in [-0.2, 0) is 13.0 Å².